The van der Waals surface area contributed by atoms with Crippen LogP contribution in [0.4, 0.5) is 5.69 Å². The standard InChI is InChI=1S/C8H11NOS/c1-6(11)10-8-4-2-7(9)3-5-8/h2-6,11H,9H2,1H3. The van der Waals surface area contributed by atoms with Crippen LogP contribution in [-0.4, -0.2) is 5.44 Å². The molecule has 1 atom stereocenters. The topological polar surface area (TPSA) is 35.2 Å². The Kier molecular flexibility index (Phi) is 2.65. The molecule has 0 bridgehead atoms. The van der Waals surface area contributed by atoms with Gasteiger partial charge in [-0.2, -0.15) is 0 Å². The summed E-state index contributed by atoms with van der Waals surface area (Å²) >= 11 is 4.08. The van der Waals surface area contributed by atoms with Crippen molar-refractivity contribution in [2.45, 2.75) is 12.4 Å². The summed E-state index contributed by atoms with van der Waals surface area (Å²) in [6.07, 6.45) is 0. The molecule has 1 rings (SSSR count). The zero-order valence-electron chi connectivity index (χ0n) is 6.32. The molecule has 1 unspecified atom stereocenters. The minimum Gasteiger partial charge on any atom is -0.480 e. The number of benzene rings is 1. The molecule has 0 aliphatic carbocycles. The molecule has 0 amide bonds. The minimum atomic E-state index is -0.0846. The maximum atomic E-state index is 5.48. The summed E-state index contributed by atoms with van der Waals surface area (Å²) in [5.74, 6) is 0.793. The number of thiol groups is 1. The normalized spacial score (nSPS) is 12.5. The number of hydrogen-bond donors (Lipinski definition) is 2. The minimum absolute atomic E-state index is 0.0846. The van der Waals surface area contributed by atoms with Gasteiger partial charge in [-0.15, -0.1) is 12.6 Å². The Labute approximate surface area is 71.8 Å². The monoisotopic (exact) mass is 169 g/mol. The molecule has 0 aromatic heterocycles. The highest BCUT2D eigenvalue weighted by Gasteiger charge is 1.95. The van der Waals surface area contributed by atoms with Crippen LogP contribution in [0.2, 0.25) is 0 Å². The Hall–Kier alpha value is -0.830. The van der Waals surface area contributed by atoms with Gasteiger partial charge < -0.3 is 10.5 Å². The number of ether oxygens (including phenoxy) is 1. The fraction of sp³-hybridized carbons (Fsp3) is 0.250. The van der Waals surface area contributed by atoms with Gasteiger partial charge in [-0.05, 0) is 31.2 Å². The van der Waals surface area contributed by atoms with Crippen molar-refractivity contribution in [3.05, 3.63) is 24.3 Å². The third-order valence-electron chi connectivity index (χ3n) is 1.19. The fourth-order valence-corrected chi connectivity index (χ4v) is 0.865. The Morgan fingerprint density at radius 1 is 1.36 bits per heavy atom. The highest BCUT2D eigenvalue weighted by molar-refractivity contribution is 7.80. The fourth-order valence-electron chi connectivity index (χ4n) is 0.743. The molecule has 2 nitrogen and oxygen atoms in total. The second-order valence-corrected chi connectivity index (χ2v) is 3.01. The molecule has 3 heteroatoms. The molecule has 0 aliphatic rings. The van der Waals surface area contributed by atoms with Crippen molar-refractivity contribution in [3.63, 3.8) is 0 Å². The van der Waals surface area contributed by atoms with Crippen molar-refractivity contribution >= 4 is 18.3 Å². The van der Waals surface area contributed by atoms with Crippen LogP contribution >= 0.6 is 12.6 Å². The van der Waals surface area contributed by atoms with Gasteiger partial charge in [-0.1, -0.05) is 0 Å². The molecule has 0 fully saturated rings. The average molecular weight is 169 g/mol. The van der Waals surface area contributed by atoms with Crippen molar-refractivity contribution in [1.29, 1.82) is 0 Å². The van der Waals surface area contributed by atoms with Crippen LogP contribution in [0.15, 0.2) is 24.3 Å². The van der Waals surface area contributed by atoms with Crippen molar-refractivity contribution in [2.24, 2.45) is 0 Å². The predicted octanol–water partition coefficient (Wildman–Crippen LogP) is 1.92. The molecule has 0 spiro atoms. The third kappa shape index (κ3) is 2.72. The van der Waals surface area contributed by atoms with Gasteiger partial charge in [0.25, 0.3) is 0 Å². The lowest BCUT2D eigenvalue weighted by Gasteiger charge is -2.07. The van der Waals surface area contributed by atoms with E-state index in [1.165, 1.54) is 0 Å². The van der Waals surface area contributed by atoms with Crippen molar-refractivity contribution in [3.8, 4) is 5.75 Å². The average Bonchev–Trinajstić information content (AvgIpc) is 1.93. The van der Waals surface area contributed by atoms with E-state index >= 15 is 0 Å². The number of nitrogen functional groups attached to an aromatic ring is 1. The van der Waals surface area contributed by atoms with E-state index in [0.29, 0.717) is 0 Å². The maximum Gasteiger partial charge on any atom is 0.138 e. The SMILES string of the molecule is CC(S)Oc1ccc(N)cc1. The molecule has 1 aromatic carbocycles. The molecule has 0 heterocycles. The van der Waals surface area contributed by atoms with Gasteiger partial charge in [0.1, 0.15) is 11.2 Å². The number of nitrogens with two attached hydrogens (primary N) is 1. The summed E-state index contributed by atoms with van der Waals surface area (Å²) in [4.78, 5) is 0. The van der Waals surface area contributed by atoms with Crippen LogP contribution in [0.3, 0.4) is 0 Å². The first kappa shape index (κ1) is 8.27. The van der Waals surface area contributed by atoms with E-state index in [1.54, 1.807) is 12.1 Å². The summed E-state index contributed by atoms with van der Waals surface area (Å²) in [5.41, 5.74) is 6.14. The number of rotatable bonds is 2. The van der Waals surface area contributed by atoms with E-state index in [9.17, 15) is 0 Å². The summed E-state index contributed by atoms with van der Waals surface area (Å²) in [5, 5.41) is 0. The van der Waals surface area contributed by atoms with E-state index in [1.807, 2.05) is 19.1 Å². The van der Waals surface area contributed by atoms with E-state index in [4.69, 9.17) is 10.5 Å². The lowest BCUT2D eigenvalue weighted by molar-refractivity contribution is 0.310. The molecule has 0 saturated carbocycles. The van der Waals surface area contributed by atoms with Crippen LogP contribution < -0.4 is 10.5 Å². The maximum absolute atomic E-state index is 5.48. The van der Waals surface area contributed by atoms with Crippen molar-refractivity contribution < 1.29 is 4.74 Å². The van der Waals surface area contributed by atoms with Gasteiger partial charge >= 0.3 is 0 Å². The lowest BCUT2D eigenvalue weighted by atomic mass is 10.3. The van der Waals surface area contributed by atoms with E-state index in [0.717, 1.165) is 11.4 Å². The summed E-state index contributed by atoms with van der Waals surface area (Å²) in [6, 6.07) is 7.24. The van der Waals surface area contributed by atoms with Crippen LogP contribution in [0.5, 0.6) is 5.75 Å². The van der Waals surface area contributed by atoms with Gasteiger partial charge in [0.15, 0.2) is 0 Å². The van der Waals surface area contributed by atoms with Gasteiger partial charge in [0, 0.05) is 5.69 Å². The quantitative estimate of drug-likeness (QED) is 0.403. The molecule has 1 aromatic rings. The first-order valence-corrected chi connectivity index (χ1v) is 3.90. The van der Waals surface area contributed by atoms with Crippen LogP contribution in [-0.2, 0) is 0 Å². The highest BCUT2D eigenvalue weighted by Crippen LogP contribution is 2.15. The zero-order valence-corrected chi connectivity index (χ0v) is 7.21. The second-order valence-electron chi connectivity index (χ2n) is 2.29. The molecule has 0 radical (unpaired) electrons. The van der Waals surface area contributed by atoms with Crippen LogP contribution in [0, 0.1) is 0 Å². The first-order chi connectivity index (χ1) is 5.18. The molecule has 11 heavy (non-hydrogen) atoms. The molecular formula is C8H11NOS. The smallest absolute Gasteiger partial charge is 0.138 e. The predicted molar refractivity (Wildman–Crippen MR) is 49.9 cm³/mol. The molecule has 0 saturated heterocycles. The van der Waals surface area contributed by atoms with Crippen molar-refractivity contribution in [1.82, 2.24) is 0 Å². The Morgan fingerprint density at radius 2 is 1.91 bits per heavy atom. The Balaban J connectivity index is 2.66. The molecule has 60 valence electrons. The van der Waals surface area contributed by atoms with Gasteiger partial charge in [0.05, 0.1) is 0 Å². The highest BCUT2D eigenvalue weighted by atomic mass is 32.1. The molecular weight excluding hydrogens is 158 g/mol. The molecule has 0 aliphatic heterocycles. The Bertz CT molecular complexity index is 220. The first-order valence-electron chi connectivity index (χ1n) is 3.39. The molecule has 2 N–H and O–H groups in total. The number of anilines is 1. The second kappa shape index (κ2) is 3.53. The van der Waals surface area contributed by atoms with E-state index < -0.39 is 0 Å². The third-order valence-corrected chi connectivity index (χ3v) is 1.29. The van der Waals surface area contributed by atoms with Crippen LogP contribution in [0.25, 0.3) is 0 Å². The van der Waals surface area contributed by atoms with Gasteiger partial charge in [0.2, 0.25) is 0 Å². The zero-order chi connectivity index (χ0) is 8.27. The van der Waals surface area contributed by atoms with E-state index in [-0.39, 0.29) is 5.44 Å². The van der Waals surface area contributed by atoms with Gasteiger partial charge in [-0.3, -0.25) is 0 Å². The summed E-state index contributed by atoms with van der Waals surface area (Å²) in [6.45, 7) is 1.86. The van der Waals surface area contributed by atoms with Crippen molar-refractivity contribution in [2.75, 3.05) is 5.73 Å². The summed E-state index contributed by atoms with van der Waals surface area (Å²) in [7, 11) is 0. The largest absolute Gasteiger partial charge is 0.480 e. The number of hydrogen-bond acceptors (Lipinski definition) is 3. The Morgan fingerprint density at radius 3 is 2.36 bits per heavy atom. The summed E-state index contributed by atoms with van der Waals surface area (Å²) < 4.78 is 5.28. The lowest BCUT2D eigenvalue weighted by Crippen LogP contribution is -2.02. The van der Waals surface area contributed by atoms with Gasteiger partial charge in [-0.25, -0.2) is 0 Å². The van der Waals surface area contributed by atoms with Crippen LogP contribution in [0.1, 0.15) is 6.92 Å². The van der Waals surface area contributed by atoms with E-state index in [2.05, 4.69) is 12.6 Å².